The summed E-state index contributed by atoms with van der Waals surface area (Å²) in [5.74, 6) is -0.434. The Morgan fingerprint density at radius 3 is 2.31 bits per heavy atom. The molecule has 0 radical (unpaired) electrons. The lowest BCUT2D eigenvalue weighted by molar-refractivity contribution is -0.206. The van der Waals surface area contributed by atoms with Crippen LogP contribution in [0.5, 0.6) is 5.75 Å². The molecule has 0 unspecified atom stereocenters. The van der Waals surface area contributed by atoms with Crippen LogP contribution in [0.1, 0.15) is 11.7 Å². The van der Waals surface area contributed by atoms with Crippen molar-refractivity contribution in [2.75, 3.05) is 0 Å². The number of hydrogen-bond donors (Lipinski definition) is 1. The van der Waals surface area contributed by atoms with Gasteiger partial charge in [0.25, 0.3) is 0 Å². The smallest absolute Gasteiger partial charge is 0.418 e. The molecule has 0 aliphatic rings. The van der Waals surface area contributed by atoms with Crippen molar-refractivity contribution in [2.45, 2.75) is 18.9 Å². The summed E-state index contributed by atoms with van der Waals surface area (Å²) in [6.07, 6.45) is -7.56. The fraction of sp³-hybridized carbons (Fsp3) is 0.333. The summed E-state index contributed by atoms with van der Waals surface area (Å²) in [6, 6.07) is 3.83. The highest BCUT2D eigenvalue weighted by molar-refractivity contribution is 5.30. The predicted molar refractivity (Wildman–Crippen MR) is 44.1 cm³/mol. The van der Waals surface area contributed by atoms with Gasteiger partial charge in [-0.25, -0.2) is 0 Å². The van der Waals surface area contributed by atoms with Crippen molar-refractivity contribution in [1.82, 2.24) is 0 Å². The van der Waals surface area contributed by atoms with Crippen LogP contribution in [-0.2, 0) is 0 Å². The van der Waals surface area contributed by atoms with E-state index in [0.717, 1.165) is 18.2 Å². The van der Waals surface area contributed by atoms with Crippen LogP contribution in [0.4, 0.5) is 22.0 Å². The molecule has 0 bridgehead atoms. The van der Waals surface area contributed by atoms with Gasteiger partial charge in [-0.3, -0.25) is 0 Å². The first kappa shape index (κ1) is 12.7. The molecule has 0 aliphatic carbocycles. The molecule has 1 N–H and O–H groups in total. The molecular formula is C9H7F5O2. The number of ether oxygens (including phenoxy) is 1. The molecule has 1 atom stereocenters. The zero-order valence-corrected chi connectivity index (χ0v) is 7.71. The second-order valence-electron chi connectivity index (χ2n) is 2.90. The van der Waals surface area contributed by atoms with Crippen LogP contribution in [0.15, 0.2) is 24.3 Å². The maximum atomic E-state index is 12.1. The maximum absolute atomic E-state index is 12.1. The van der Waals surface area contributed by atoms with Crippen LogP contribution in [0.3, 0.4) is 0 Å². The van der Waals surface area contributed by atoms with Crippen molar-refractivity contribution < 1.29 is 31.8 Å². The molecule has 0 spiro atoms. The summed E-state index contributed by atoms with van der Waals surface area (Å²) in [4.78, 5) is 0. The van der Waals surface area contributed by atoms with Gasteiger partial charge in [0.2, 0.25) is 0 Å². The molecule has 1 aromatic rings. The minimum absolute atomic E-state index is 0.434. The summed E-state index contributed by atoms with van der Waals surface area (Å²) >= 11 is 0. The number of rotatable bonds is 3. The zero-order valence-electron chi connectivity index (χ0n) is 7.71. The van der Waals surface area contributed by atoms with Crippen LogP contribution >= 0.6 is 0 Å². The van der Waals surface area contributed by atoms with Gasteiger partial charge in [-0.05, 0) is 17.7 Å². The molecule has 0 aromatic heterocycles. The van der Waals surface area contributed by atoms with Gasteiger partial charge in [-0.1, -0.05) is 12.1 Å². The average molecular weight is 242 g/mol. The van der Waals surface area contributed by atoms with E-state index in [0.29, 0.717) is 6.07 Å². The molecule has 0 saturated carbocycles. The monoisotopic (exact) mass is 242 g/mol. The van der Waals surface area contributed by atoms with E-state index >= 15 is 0 Å². The van der Waals surface area contributed by atoms with E-state index in [4.69, 9.17) is 5.11 Å². The lowest BCUT2D eigenvalue weighted by atomic mass is 10.1. The highest BCUT2D eigenvalue weighted by Crippen LogP contribution is 2.33. The summed E-state index contributed by atoms with van der Waals surface area (Å²) in [5.41, 5.74) is -0.550. The number of alkyl halides is 5. The first-order valence-corrected chi connectivity index (χ1v) is 4.10. The second-order valence-corrected chi connectivity index (χ2v) is 2.90. The zero-order chi connectivity index (χ0) is 12.3. The molecule has 2 nitrogen and oxygen atoms in total. The van der Waals surface area contributed by atoms with Gasteiger partial charge in [-0.2, -0.15) is 22.0 Å². The van der Waals surface area contributed by atoms with Gasteiger partial charge in [0, 0.05) is 0 Å². The minimum Gasteiger partial charge on any atom is -0.435 e. The molecule has 0 amide bonds. The fourth-order valence-corrected chi connectivity index (χ4v) is 1.05. The number of aliphatic hydroxyl groups excluding tert-OH is 1. The molecular weight excluding hydrogens is 235 g/mol. The normalized spacial score (nSPS) is 13.9. The average Bonchev–Trinajstić information content (AvgIpc) is 2.14. The molecule has 16 heavy (non-hydrogen) atoms. The second kappa shape index (κ2) is 4.65. The number of benzene rings is 1. The van der Waals surface area contributed by atoms with Gasteiger partial charge in [0.15, 0.2) is 6.10 Å². The predicted octanol–water partition coefficient (Wildman–Crippen LogP) is 2.88. The molecule has 0 heterocycles. The van der Waals surface area contributed by atoms with Crippen LogP contribution in [-0.4, -0.2) is 17.9 Å². The van der Waals surface area contributed by atoms with Crippen LogP contribution in [0, 0.1) is 0 Å². The molecule has 7 heteroatoms. The van der Waals surface area contributed by atoms with Crippen LogP contribution in [0.2, 0.25) is 0 Å². The van der Waals surface area contributed by atoms with Gasteiger partial charge >= 0.3 is 12.8 Å². The lowest BCUT2D eigenvalue weighted by Crippen LogP contribution is -2.20. The van der Waals surface area contributed by atoms with E-state index < -0.39 is 30.2 Å². The highest BCUT2D eigenvalue weighted by Gasteiger charge is 2.39. The van der Waals surface area contributed by atoms with Crippen molar-refractivity contribution in [1.29, 1.82) is 0 Å². The summed E-state index contributed by atoms with van der Waals surface area (Å²) in [5, 5.41) is 8.85. The quantitative estimate of drug-likeness (QED) is 0.826. The summed E-state index contributed by atoms with van der Waals surface area (Å²) in [7, 11) is 0. The molecule has 1 rings (SSSR count). The standard InChI is InChI=1S/C9H7F5O2/c10-8(11)16-6-3-1-2-5(4-6)7(15)9(12,13)14/h1-4,7-8,15H/t7-/m1/s1. The first-order valence-electron chi connectivity index (χ1n) is 4.10. The van der Waals surface area contributed by atoms with Crippen molar-refractivity contribution in [3.8, 4) is 5.75 Å². The van der Waals surface area contributed by atoms with E-state index in [2.05, 4.69) is 4.74 Å². The van der Waals surface area contributed by atoms with E-state index in [9.17, 15) is 22.0 Å². The Morgan fingerprint density at radius 2 is 1.81 bits per heavy atom. The lowest BCUT2D eigenvalue weighted by Gasteiger charge is -2.15. The molecule has 0 saturated heterocycles. The van der Waals surface area contributed by atoms with E-state index in [-0.39, 0.29) is 0 Å². The first-order chi connectivity index (χ1) is 7.30. The Morgan fingerprint density at radius 1 is 1.19 bits per heavy atom. The third-order valence-corrected chi connectivity index (χ3v) is 1.71. The summed E-state index contributed by atoms with van der Waals surface area (Å²) in [6.45, 7) is -3.13. The Hall–Kier alpha value is -1.37. The Labute approximate surface area is 87.3 Å². The van der Waals surface area contributed by atoms with Crippen molar-refractivity contribution in [3.05, 3.63) is 29.8 Å². The van der Waals surface area contributed by atoms with Gasteiger partial charge < -0.3 is 9.84 Å². The maximum Gasteiger partial charge on any atom is 0.418 e. The highest BCUT2D eigenvalue weighted by atomic mass is 19.4. The molecule has 90 valence electrons. The van der Waals surface area contributed by atoms with Gasteiger partial charge in [0.1, 0.15) is 5.75 Å². The third-order valence-electron chi connectivity index (χ3n) is 1.71. The third kappa shape index (κ3) is 3.34. The minimum atomic E-state index is -4.84. The molecule has 1 aromatic carbocycles. The number of hydrogen-bond acceptors (Lipinski definition) is 2. The van der Waals surface area contributed by atoms with Crippen molar-refractivity contribution in [3.63, 3.8) is 0 Å². The fourth-order valence-electron chi connectivity index (χ4n) is 1.05. The van der Waals surface area contributed by atoms with Gasteiger partial charge in [0.05, 0.1) is 0 Å². The Balaban J connectivity index is 2.90. The van der Waals surface area contributed by atoms with E-state index in [1.165, 1.54) is 0 Å². The van der Waals surface area contributed by atoms with Crippen molar-refractivity contribution in [2.24, 2.45) is 0 Å². The summed E-state index contributed by atoms with van der Waals surface area (Å²) < 4.78 is 63.7. The van der Waals surface area contributed by atoms with E-state index in [1.54, 1.807) is 0 Å². The SMILES string of the molecule is O[C@H](c1cccc(OC(F)F)c1)C(F)(F)F. The van der Waals surface area contributed by atoms with E-state index in [1.807, 2.05) is 0 Å². The van der Waals surface area contributed by atoms with Crippen molar-refractivity contribution >= 4 is 0 Å². The Kier molecular flexibility index (Phi) is 3.69. The van der Waals surface area contributed by atoms with Crippen LogP contribution in [0.25, 0.3) is 0 Å². The molecule has 0 aliphatic heterocycles. The van der Waals surface area contributed by atoms with Gasteiger partial charge in [-0.15, -0.1) is 0 Å². The Bertz CT molecular complexity index is 350. The number of aliphatic hydroxyl groups is 1. The largest absolute Gasteiger partial charge is 0.435 e. The van der Waals surface area contributed by atoms with Crippen LogP contribution < -0.4 is 4.74 Å². The number of halogens is 5. The molecule has 0 fully saturated rings. The topological polar surface area (TPSA) is 29.5 Å².